The molecule has 1 amide bonds. The third-order valence-corrected chi connectivity index (χ3v) is 8.32. The van der Waals surface area contributed by atoms with Crippen LogP contribution in [0.25, 0.3) is 11.1 Å². The van der Waals surface area contributed by atoms with Crippen molar-refractivity contribution >= 4 is 29.1 Å². The Morgan fingerprint density at radius 3 is 2.44 bits per heavy atom. The van der Waals surface area contributed by atoms with Crippen LogP contribution >= 0.6 is 23.2 Å². The maximum atomic E-state index is 14.0. The van der Waals surface area contributed by atoms with Crippen molar-refractivity contribution < 1.29 is 18.7 Å². The van der Waals surface area contributed by atoms with E-state index in [4.69, 9.17) is 32.7 Å². The van der Waals surface area contributed by atoms with Gasteiger partial charge < -0.3 is 14.4 Å². The largest absolute Gasteiger partial charge is 0.484 e. The molecule has 3 aromatic rings. The van der Waals surface area contributed by atoms with Crippen LogP contribution in [0.5, 0.6) is 5.75 Å². The van der Waals surface area contributed by atoms with Crippen molar-refractivity contribution in [1.29, 1.82) is 0 Å². The van der Waals surface area contributed by atoms with Crippen molar-refractivity contribution in [2.24, 2.45) is 0 Å². The Balaban J connectivity index is 1.25. The predicted octanol–water partition coefficient (Wildman–Crippen LogP) is 6.58. The van der Waals surface area contributed by atoms with E-state index in [0.717, 1.165) is 63.4 Å². The number of nitrogens with zero attached hydrogens (tertiary/aromatic N) is 3. The van der Waals surface area contributed by atoms with Crippen LogP contribution < -0.4 is 4.74 Å². The lowest BCUT2D eigenvalue weighted by Crippen LogP contribution is -2.50. The fourth-order valence-electron chi connectivity index (χ4n) is 5.32. The Labute approximate surface area is 238 Å². The number of rotatable bonds is 6. The van der Waals surface area contributed by atoms with Crippen molar-refractivity contribution in [1.82, 2.24) is 14.8 Å². The average molecular weight is 573 g/mol. The molecular weight excluding hydrogens is 540 g/mol. The molecule has 9 heteroatoms. The normalized spacial score (nSPS) is 17.7. The fourth-order valence-corrected chi connectivity index (χ4v) is 6.00. The van der Waals surface area contributed by atoms with E-state index in [-0.39, 0.29) is 10.9 Å². The molecule has 2 aliphatic heterocycles. The van der Waals surface area contributed by atoms with Gasteiger partial charge in [-0.2, -0.15) is 0 Å². The van der Waals surface area contributed by atoms with Gasteiger partial charge in [-0.05, 0) is 62.6 Å². The summed E-state index contributed by atoms with van der Waals surface area (Å²) >= 11 is 12.5. The Morgan fingerprint density at radius 1 is 1.05 bits per heavy atom. The summed E-state index contributed by atoms with van der Waals surface area (Å²) in [6.07, 6.45) is 3.16. The molecule has 206 valence electrons. The van der Waals surface area contributed by atoms with E-state index in [1.54, 1.807) is 13.1 Å². The van der Waals surface area contributed by atoms with Crippen molar-refractivity contribution in [3.8, 4) is 16.9 Å². The van der Waals surface area contributed by atoms with Gasteiger partial charge in [0.15, 0.2) is 0 Å². The van der Waals surface area contributed by atoms with Gasteiger partial charge in [-0.1, -0.05) is 35.3 Å². The van der Waals surface area contributed by atoms with Crippen molar-refractivity contribution in [3.63, 3.8) is 0 Å². The molecule has 0 N–H and O–H groups in total. The van der Waals surface area contributed by atoms with Crippen LogP contribution in [0.4, 0.5) is 4.39 Å². The SMILES string of the molecule is Cc1ncc(-c2ccc(C(=O)N3CCC(N4CCOCC4)CC3)cc2)cc1OC(C)c1c(Cl)ccc(F)c1Cl. The molecule has 1 atom stereocenters. The maximum absolute atomic E-state index is 14.0. The number of halogens is 3. The van der Waals surface area contributed by atoms with Gasteiger partial charge in [0.05, 0.1) is 23.9 Å². The Bertz CT molecular complexity index is 1320. The summed E-state index contributed by atoms with van der Waals surface area (Å²) in [7, 11) is 0. The highest BCUT2D eigenvalue weighted by atomic mass is 35.5. The molecule has 1 aromatic heterocycles. The topological polar surface area (TPSA) is 54.9 Å². The molecule has 39 heavy (non-hydrogen) atoms. The zero-order valence-electron chi connectivity index (χ0n) is 22.1. The van der Waals surface area contributed by atoms with E-state index in [1.807, 2.05) is 42.2 Å². The van der Waals surface area contributed by atoms with E-state index in [0.29, 0.717) is 33.6 Å². The highest BCUT2D eigenvalue weighted by Gasteiger charge is 2.28. The van der Waals surface area contributed by atoms with Gasteiger partial charge >= 0.3 is 0 Å². The number of morpholine rings is 1. The molecule has 0 radical (unpaired) electrons. The van der Waals surface area contributed by atoms with Crippen LogP contribution in [0.2, 0.25) is 10.0 Å². The molecule has 2 aliphatic rings. The molecule has 2 fully saturated rings. The first kappa shape index (κ1) is 27.8. The molecule has 5 rings (SSSR count). The smallest absolute Gasteiger partial charge is 0.253 e. The number of carbonyl (C=O) groups is 1. The van der Waals surface area contributed by atoms with Crippen molar-refractivity contribution in [2.45, 2.75) is 38.8 Å². The monoisotopic (exact) mass is 571 g/mol. The summed E-state index contributed by atoms with van der Waals surface area (Å²) in [4.78, 5) is 22.1. The van der Waals surface area contributed by atoms with E-state index < -0.39 is 11.9 Å². The third-order valence-electron chi connectivity index (χ3n) is 7.61. The lowest BCUT2D eigenvalue weighted by atomic mass is 10.0. The molecule has 3 heterocycles. The van der Waals surface area contributed by atoms with E-state index in [9.17, 15) is 9.18 Å². The standard InChI is InChI=1S/C30H32Cl2FN3O3/c1-19-27(39-20(2)28-25(31)7-8-26(33)29(28)32)17-23(18-34-19)21-3-5-22(6-4-21)30(37)36-11-9-24(10-12-36)35-13-15-38-16-14-35/h3-8,17-18,20,24H,9-16H2,1-2H3. The molecular formula is C30H32Cl2FN3O3. The quantitative estimate of drug-likeness (QED) is 0.313. The third kappa shape index (κ3) is 6.22. The van der Waals surface area contributed by atoms with Gasteiger partial charge in [-0.25, -0.2) is 4.39 Å². The van der Waals surface area contributed by atoms with Gasteiger partial charge in [-0.3, -0.25) is 14.7 Å². The average Bonchev–Trinajstić information content (AvgIpc) is 2.97. The summed E-state index contributed by atoms with van der Waals surface area (Å²) in [5.74, 6) is 0.0524. The Hall–Kier alpha value is -2.71. The second-order valence-corrected chi connectivity index (χ2v) is 10.9. The number of amides is 1. The molecule has 0 spiro atoms. The Kier molecular flexibility index (Phi) is 8.72. The van der Waals surface area contributed by atoms with Crippen LogP contribution in [0.15, 0.2) is 48.7 Å². The number of pyridine rings is 1. The van der Waals surface area contributed by atoms with Crippen molar-refractivity contribution in [2.75, 3.05) is 39.4 Å². The van der Waals surface area contributed by atoms with Crippen LogP contribution in [-0.2, 0) is 4.74 Å². The molecule has 0 aliphatic carbocycles. The summed E-state index contributed by atoms with van der Waals surface area (Å²) in [5.41, 5.74) is 3.49. The van der Waals surface area contributed by atoms with Crippen LogP contribution in [0.1, 0.15) is 47.5 Å². The van der Waals surface area contributed by atoms with Gasteiger partial charge in [0.2, 0.25) is 0 Å². The number of aryl methyl sites for hydroxylation is 1. The number of aromatic nitrogens is 1. The number of hydrogen-bond donors (Lipinski definition) is 0. The molecule has 1 unspecified atom stereocenters. The number of ether oxygens (including phenoxy) is 2. The number of hydrogen-bond acceptors (Lipinski definition) is 5. The summed E-state index contributed by atoms with van der Waals surface area (Å²) in [6, 6.07) is 12.7. The highest BCUT2D eigenvalue weighted by Crippen LogP contribution is 2.36. The number of piperidine rings is 1. The van der Waals surface area contributed by atoms with Crippen LogP contribution in [0.3, 0.4) is 0 Å². The molecule has 2 saturated heterocycles. The van der Waals surface area contributed by atoms with Gasteiger partial charge in [0, 0.05) is 60.1 Å². The van der Waals surface area contributed by atoms with Crippen molar-refractivity contribution in [3.05, 3.63) is 81.3 Å². The summed E-state index contributed by atoms with van der Waals surface area (Å²) < 4.78 is 25.6. The van der Waals surface area contributed by atoms with Crippen LogP contribution in [0, 0.1) is 12.7 Å². The highest BCUT2D eigenvalue weighted by molar-refractivity contribution is 6.36. The fraction of sp³-hybridized carbons (Fsp3) is 0.400. The summed E-state index contributed by atoms with van der Waals surface area (Å²) in [5, 5.41) is 0.281. The Morgan fingerprint density at radius 2 is 1.74 bits per heavy atom. The lowest BCUT2D eigenvalue weighted by Gasteiger charge is -2.40. The van der Waals surface area contributed by atoms with Crippen LogP contribution in [-0.4, -0.2) is 66.1 Å². The van der Waals surface area contributed by atoms with E-state index in [2.05, 4.69) is 9.88 Å². The lowest BCUT2D eigenvalue weighted by molar-refractivity contribution is 0.00159. The first-order valence-corrected chi connectivity index (χ1v) is 14.1. The number of likely N-dealkylation sites (tertiary alicyclic amines) is 1. The van der Waals surface area contributed by atoms with E-state index >= 15 is 0 Å². The van der Waals surface area contributed by atoms with Gasteiger partial charge in [0.1, 0.15) is 17.7 Å². The minimum absolute atomic E-state index is 0.0534. The zero-order valence-corrected chi connectivity index (χ0v) is 23.6. The number of carbonyl (C=O) groups excluding carboxylic acids is 1. The minimum atomic E-state index is -0.594. The van der Waals surface area contributed by atoms with Gasteiger partial charge in [-0.15, -0.1) is 0 Å². The second-order valence-electron chi connectivity index (χ2n) is 10.1. The van der Waals surface area contributed by atoms with Gasteiger partial charge in [0.25, 0.3) is 5.91 Å². The molecule has 6 nitrogen and oxygen atoms in total. The second kappa shape index (κ2) is 12.2. The number of benzene rings is 2. The molecule has 0 bridgehead atoms. The maximum Gasteiger partial charge on any atom is 0.253 e. The van der Waals surface area contributed by atoms with E-state index in [1.165, 1.54) is 12.1 Å². The predicted molar refractivity (Wildman–Crippen MR) is 151 cm³/mol. The minimum Gasteiger partial charge on any atom is -0.484 e. The first-order chi connectivity index (χ1) is 18.8. The summed E-state index contributed by atoms with van der Waals surface area (Å²) in [6.45, 7) is 8.69. The first-order valence-electron chi connectivity index (χ1n) is 13.3. The zero-order chi connectivity index (χ0) is 27.5. The molecule has 2 aromatic carbocycles. The molecule has 0 saturated carbocycles.